The van der Waals surface area contributed by atoms with Crippen LogP contribution in [-0.4, -0.2) is 41.9 Å². The predicted molar refractivity (Wildman–Crippen MR) is 146 cm³/mol. The van der Waals surface area contributed by atoms with Gasteiger partial charge < -0.3 is 5.32 Å². The SMILES string of the molecule is CCC1CNCC(CC)(C(C)=O)N1CC=C(C)CCC=C(C)CCC=C(C)CCC=C(C)C. The number of rotatable bonds is 14. The summed E-state index contributed by atoms with van der Waals surface area (Å²) >= 11 is 0. The fourth-order valence-corrected chi connectivity index (χ4v) is 4.84. The lowest BCUT2D eigenvalue weighted by Crippen LogP contribution is -2.68. The zero-order valence-corrected chi connectivity index (χ0v) is 23.0. The molecule has 3 heteroatoms. The number of nitrogens with zero attached hydrogens (tertiary/aromatic N) is 1. The lowest BCUT2D eigenvalue weighted by molar-refractivity contribution is -0.132. The van der Waals surface area contributed by atoms with Crippen LogP contribution in [0.5, 0.6) is 0 Å². The van der Waals surface area contributed by atoms with E-state index in [1.165, 1.54) is 28.7 Å². The maximum atomic E-state index is 12.6. The van der Waals surface area contributed by atoms with Gasteiger partial charge in [-0.25, -0.2) is 0 Å². The van der Waals surface area contributed by atoms with Gasteiger partial charge in [0.05, 0.1) is 5.54 Å². The van der Waals surface area contributed by atoms with Crippen molar-refractivity contribution >= 4 is 5.78 Å². The third kappa shape index (κ3) is 10.1. The number of nitrogens with one attached hydrogen (secondary N) is 1. The highest BCUT2D eigenvalue weighted by molar-refractivity contribution is 5.86. The summed E-state index contributed by atoms with van der Waals surface area (Å²) in [5.74, 6) is 0.293. The second-order valence-corrected chi connectivity index (χ2v) is 10.3. The lowest BCUT2D eigenvalue weighted by Gasteiger charge is -2.49. The summed E-state index contributed by atoms with van der Waals surface area (Å²) in [6, 6.07) is 0.423. The van der Waals surface area contributed by atoms with E-state index >= 15 is 0 Å². The molecule has 1 aliphatic heterocycles. The van der Waals surface area contributed by atoms with Crippen LogP contribution in [-0.2, 0) is 4.79 Å². The van der Waals surface area contributed by atoms with Gasteiger partial charge in [0.15, 0.2) is 5.78 Å². The molecule has 0 radical (unpaired) electrons. The second-order valence-electron chi connectivity index (χ2n) is 10.3. The number of piperazine rings is 1. The highest BCUT2D eigenvalue weighted by Crippen LogP contribution is 2.28. The number of hydrogen-bond acceptors (Lipinski definition) is 3. The minimum atomic E-state index is -0.358. The number of hydrogen-bond donors (Lipinski definition) is 1. The predicted octanol–water partition coefficient (Wildman–Crippen LogP) is 7.55. The smallest absolute Gasteiger partial charge is 0.151 e. The van der Waals surface area contributed by atoms with Crippen molar-refractivity contribution in [2.75, 3.05) is 19.6 Å². The molecule has 1 saturated heterocycles. The fraction of sp³-hybridized carbons (Fsp3) is 0.700. The van der Waals surface area contributed by atoms with Gasteiger partial charge in [-0.1, -0.05) is 60.4 Å². The molecular formula is C30H52N2O. The third-order valence-electron chi connectivity index (χ3n) is 7.29. The van der Waals surface area contributed by atoms with E-state index in [1.54, 1.807) is 6.92 Å². The van der Waals surface area contributed by atoms with E-state index < -0.39 is 0 Å². The van der Waals surface area contributed by atoms with Gasteiger partial charge in [-0.05, 0) is 92.9 Å². The lowest BCUT2D eigenvalue weighted by atomic mass is 9.84. The summed E-state index contributed by atoms with van der Waals surface area (Å²) in [6.07, 6.45) is 18.3. The van der Waals surface area contributed by atoms with E-state index in [1.807, 2.05) is 0 Å². The zero-order chi connectivity index (χ0) is 24.9. The Hall–Kier alpha value is -1.45. The number of allylic oxidation sites excluding steroid dienone is 7. The molecule has 1 N–H and O–H groups in total. The summed E-state index contributed by atoms with van der Waals surface area (Å²) in [6.45, 7) is 19.9. The van der Waals surface area contributed by atoms with Crippen molar-refractivity contribution in [3.63, 3.8) is 0 Å². The minimum absolute atomic E-state index is 0.293. The molecule has 2 atom stereocenters. The maximum Gasteiger partial charge on any atom is 0.151 e. The Labute approximate surface area is 205 Å². The van der Waals surface area contributed by atoms with Gasteiger partial charge in [0, 0.05) is 25.7 Å². The topological polar surface area (TPSA) is 32.3 Å². The van der Waals surface area contributed by atoms with Crippen LogP contribution < -0.4 is 5.32 Å². The molecule has 0 aromatic carbocycles. The Balaban J connectivity index is 2.55. The largest absolute Gasteiger partial charge is 0.313 e. The first-order valence-electron chi connectivity index (χ1n) is 13.2. The Kier molecular flexibility index (Phi) is 13.9. The summed E-state index contributed by atoms with van der Waals surface area (Å²) in [5, 5.41) is 3.51. The molecule has 188 valence electrons. The van der Waals surface area contributed by atoms with Crippen LogP contribution in [0.15, 0.2) is 46.6 Å². The maximum absolute atomic E-state index is 12.6. The first-order valence-corrected chi connectivity index (χ1v) is 13.2. The van der Waals surface area contributed by atoms with E-state index in [0.717, 1.165) is 64.6 Å². The molecule has 3 nitrogen and oxygen atoms in total. The molecule has 0 aromatic heterocycles. The monoisotopic (exact) mass is 456 g/mol. The summed E-state index contributed by atoms with van der Waals surface area (Å²) < 4.78 is 0. The van der Waals surface area contributed by atoms with Crippen molar-refractivity contribution < 1.29 is 4.79 Å². The average molecular weight is 457 g/mol. The Bertz CT molecular complexity index is 724. The summed E-state index contributed by atoms with van der Waals surface area (Å²) in [7, 11) is 0. The second kappa shape index (κ2) is 15.5. The molecule has 1 aliphatic rings. The van der Waals surface area contributed by atoms with E-state index in [9.17, 15) is 4.79 Å². The third-order valence-corrected chi connectivity index (χ3v) is 7.29. The van der Waals surface area contributed by atoms with Gasteiger partial charge in [-0.2, -0.15) is 0 Å². The molecule has 0 aromatic rings. The van der Waals surface area contributed by atoms with Crippen LogP contribution in [0.4, 0.5) is 0 Å². The van der Waals surface area contributed by atoms with Gasteiger partial charge in [-0.3, -0.25) is 9.69 Å². The molecule has 2 unspecified atom stereocenters. The normalized spacial score (nSPS) is 23.0. The molecular weight excluding hydrogens is 404 g/mol. The Morgan fingerprint density at radius 2 is 1.36 bits per heavy atom. The van der Waals surface area contributed by atoms with Gasteiger partial charge >= 0.3 is 0 Å². The van der Waals surface area contributed by atoms with Gasteiger partial charge in [-0.15, -0.1) is 0 Å². The van der Waals surface area contributed by atoms with E-state index in [2.05, 4.69) is 83.0 Å². The highest BCUT2D eigenvalue weighted by atomic mass is 16.1. The quantitative estimate of drug-likeness (QED) is 0.274. The van der Waals surface area contributed by atoms with Crippen molar-refractivity contribution in [2.45, 2.75) is 118 Å². The first-order chi connectivity index (χ1) is 15.7. The van der Waals surface area contributed by atoms with E-state index in [4.69, 9.17) is 0 Å². The Morgan fingerprint density at radius 3 is 1.82 bits per heavy atom. The molecule has 1 rings (SSSR count). The van der Waals surface area contributed by atoms with Crippen LogP contribution in [0.2, 0.25) is 0 Å². The first kappa shape index (κ1) is 29.6. The van der Waals surface area contributed by atoms with Crippen LogP contribution in [0.25, 0.3) is 0 Å². The molecule has 0 saturated carbocycles. The zero-order valence-electron chi connectivity index (χ0n) is 23.0. The molecule has 1 fully saturated rings. The van der Waals surface area contributed by atoms with Gasteiger partial charge in [0.25, 0.3) is 0 Å². The van der Waals surface area contributed by atoms with Crippen LogP contribution >= 0.6 is 0 Å². The molecule has 0 spiro atoms. The summed E-state index contributed by atoms with van der Waals surface area (Å²) in [5.41, 5.74) is 5.48. The molecule has 33 heavy (non-hydrogen) atoms. The minimum Gasteiger partial charge on any atom is -0.313 e. The number of carbonyl (C=O) groups excluding carboxylic acids is 1. The van der Waals surface area contributed by atoms with Crippen molar-refractivity contribution in [3.8, 4) is 0 Å². The molecule has 0 aliphatic carbocycles. The average Bonchev–Trinajstić information content (AvgIpc) is 2.76. The molecule has 1 heterocycles. The van der Waals surface area contributed by atoms with E-state index in [-0.39, 0.29) is 5.54 Å². The number of Topliss-reactive ketones (excluding diaryl/α,β-unsaturated/α-hetero) is 1. The number of ketones is 1. The van der Waals surface area contributed by atoms with Crippen molar-refractivity contribution in [3.05, 3.63) is 46.6 Å². The van der Waals surface area contributed by atoms with Crippen LogP contribution in [0, 0.1) is 0 Å². The van der Waals surface area contributed by atoms with Crippen molar-refractivity contribution in [2.24, 2.45) is 0 Å². The standard InChI is InChI=1S/C30H52N2O/c1-9-29-22-31-23-30(10-2,28(8)33)32(29)21-20-27(7)19-13-18-26(6)17-12-16-25(5)15-11-14-24(3)4/h14,16,18,20,29,31H,9-13,15,17,19,21-23H2,1-8H3. The Morgan fingerprint density at radius 1 is 0.848 bits per heavy atom. The summed E-state index contributed by atoms with van der Waals surface area (Å²) in [4.78, 5) is 15.1. The molecule has 0 bridgehead atoms. The number of carbonyl (C=O) groups is 1. The van der Waals surface area contributed by atoms with Gasteiger partial charge in [0.1, 0.15) is 0 Å². The van der Waals surface area contributed by atoms with E-state index in [0.29, 0.717) is 11.8 Å². The molecule has 0 amide bonds. The van der Waals surface area contributed by atoms with Crippen molar-refractivity contribution in [1.29, 1.82) is 0 Å². The fourth-order valence-electron chi connectivity index (χ4n) is 4.84. The highest BCUT2D eigenvalue weighted by Gasteiger charge is 2.44. The van der Waals surface area contributed by atoms with Crippen LogP contribution in [0.1, 0.15) is 107 Å². The van der Waals surface area contributed by atoms with Gasteiger partial charge in [0.2, 0.25) is 0 Å². The van der Waals surface area contributed by atoms with Crippen molar-refractivity contribution in [1.82, 2.24) is 10.2 Å². The van der Waals surface area contributed by atoms with Crippen LogP contribution in [0.3, 0.4) is 0 Å².